The summed E-state index contributed by atoms with van der Waals surface area (Å²) < 4.78 is 41.8. The average molecular weight is 373 g/mol. The van der Waals surface area contributed by atoms with Crippen LogP contribution >= 0.6 is 0 Å². The lowest BCUT2D eigenvalue weighted by molar-refractivity contribution is -0.385. The van der Waals surface area contributed by atoms with E-state index in [9.17, 15) is 18.7 Å². The summed E-state index contributed by atoms with van der Waals surface area (Å²) in [4.78, 5) is 11.1. The van der Waals surface area contributed by atoms with Gasteiger partial charge in [0.05, 0.1) is 36.3 Å². The fourth-order valence-electron chi connectivity index (χ4n) is 3.51. The second-order valence-corrected chi connectivity index (χ2v) is 6.05. The van der Waals surface area contributed by atoms with Gasteiger partial charge in [-0.3, -0.25) is 10.1 Å². The Morgan fingerprint density at radius 1 is 1.22 bits per heavy atom. The number of ether oxygens (including phenoxy) is 2. The molecule has 10 heteroatoms. The van der Waals surface area contributed by atoms with Crippen LogP contribution in [0.1, 0.15) is 11.3 Å². The first kappa shape index (κ1) is 17.0. The third-order valence-electron chi connectivity index (χ3n) is 4.71. The normalized spacial score (nSPS) is 16.7. The molecule has 0 bridgehead atoms. The van der Waals surface area contributed by atoms with Crippen LogP contribution in [0.3, 0.4) is 0 Å². The first-order valence-electron chi connectivity index (χ1n) is 8.05. The molecule has 0 spiro atoms. The fraction of sp³-hybridized carbons (Fsp3) is 0.118. The summed E-state index contributed by atoms with van der Waals surface area (Å²) in [6, 6.07) is 5.68. The summed E-state index contributed by atoms with van der Waals surface area (Å²) in [5, 5.41) is 11.7. The van der Waals surface area contributed by atoms with Crippen molar-refractivity contribution in [3.63, 3.8) is 0 Å². The molecule has 0 radical (unpaired) electrons. The maximum absolute atomic E-state index is 14.9. The molecule has 0 saturated carbocycles. The first-order valence-corrected chi connectivity index (χ1v) is 8.05. The monoisotopic (exact) mass is 373 g/mol. The Kier molecular flexibility index (Phi) is 3.65. The van der Waals surface area contributed by atoms with E-state index in [1.165, 1.54) is 63.0 Å². The Bertz CT molecular complexity index is 1070. The van der Waals surface area contributed by atoms with Crippen LogP contribution in [0.25, 0.3) is 5.57 Å². The van der Waals surface area contributed by atoms with Gasteiger partial charge in [-0.05, 0) is 24.4 Å². The molecule has 27 heavy (non-hydrogen) atoms. The predicted molar refractivity (Wildman–Crippen MR) is 95.5 cm³/mol. The van der Waals surface area contributed by atoms with Crippen molar-refractivity contribution in [2.45, 2.75) is 0 Å². The van der Waals surface area contributed by atoms with Crippen LogP contribution in [0.15, 0.2) is 48.3 Å². The number of nitro benzene ring substituents is 1. The lowest BCUT2D eigenvalue weighted by Gasteiger charge is -2.30. The third kappa shape index (κ3) is 2.29. The Morgan fingerprint density at radius 2 is 1.93 bits per heavy atom. The van der Waals surface area contributed by atoms with Crippen molar-refractivity contribution in [3.8, 4) is 11.5 Å². The molecule has 2 aliphatic heterocycles. The van der Waals surface area contributed by atoms with Crippen molar-refractivity contribution < 1.29 is 27.5 Å². The maximum atomic E-state index is 14.9. The molecule has 138 valence electrons. The molecular weight excluding hydrogens is 359 g/mol. The van der Waals surface area contributed by atoms with Crippen LogP contribution in [0.5, 0.6) is 11.5 Å². The van der Waals surface area contributed by atoms with Crippen LogP contribution in [0.4, 0.5) is 14.3 Å². The van der Waals surface area contributed by atoms with E-state index in [0.29, 0.717) is 5.57 Å². The van der Waals surface area contributed by atoms with Gasteiger partial charge in [0.15, 0.2) is 17.2 Å². The number of allylic oxidation sites excluding steroid dienone is 2. The molecule has 4 rings (SSSR count). The molecule has 0 amide bonds. The standard InChI is InChI=1S/C17H14BF2N3O4/c1-26-15-9-11(14(23(24)25)10-16(15)27-2)17-12-5-3-7-21(12)18(19,20)22-8-4-6-13(17)22/h3-10H,1-2H3. The van der Waals surface area contributed by atoms with Gasteiger partial charge in [0.1, 0.15) is 6.21 Å². The number of hydrogen-bond donors (Lipinski definition) is 0. The van der Waals surface area contributed by atoms with E-state index in [-0.39, 0.29) is 34.1 Å². The minimum atomic E-state index is -4.08. The molecule has 3 heterocycles. The highest BCUT2D eigenvalue weighted by Crippen LogP contribution is 2.44. The molecule has 0 aliphatic carbocycles. The number of fused-ring (bicyclic) bond motifs is 2. The van der Waals surface area contributed by atoms with Gasteiger partial charge < -0.3 is 27.1 Å². The summed E-state index contributed by atoms with van der Waals surface area (Å²) in [6.07, 6.45) is 5.54. The van der Waals surface area contributed by atoms with Gasteiger partial charge >= 0.3 is 6.97 Å². The van der Waals surface area contributed by atoms with E-state index in [4.69, 9.17) is 9.47 Å². The van der Waals surface area contributed by atoms with Crippen molar-refractivity contribution in [3.05, 3.63) is 69.7 Å². The molecule has 2 aliphatic rings. The van der Waals surface area contributed by atoms with Crippen molar-refractivity contribution in [2.24, 2.45) is 0 Å². The van der Waals surface area contributed by atoms with E-state index in [1.807, 2.05) is 0 Å². The molecule has 0 atom stereocenters. The van der Waals surface area contributed by atoms with Crippen molar-refractivity contribution in [1.29, 1.82) is 0 Å². The Labute approximate surface area is 152 Å². The minimum absolute atomic E-state index is 0.170. The summed E-state index contributed by atoms with van der Waals surface area (Å²) in [5.41, 5.74) is 0.623. The highest BCUT2D eigenvalue weighted by atomic mass is 19.2. The van der Waals surface area contributed by atoms with Crippen LogP contribution in [-0.4, -0.2) is 41.3 Å². The lowest BCUT2D eigenvalue weighted by atomic mass is 9.86. The molecule has 7 nitrogen and oxygen atoms in total. The van der Waals surface area contributed by atoms with Crippen LogP contribution in [0, 0.1) is 10.1 Å². The Hall–Kier alpha value is -3.43. The van der Waals surface area contributed by atoms with Crippen LogP contribution in [-0.2, 0) is 0 Å². The average Bonchev–Trinajstić information content (AvgIpc) is 3.31. The van der Waals surface area contributed by atoms with Gasteiger partial charge in [-0.2, -0.15) is 0 Å². The van der Waals surface area contributed by atoms with Gasteiger partial charge in [-0.25, -0.2) is 0 Å². The molecule has 0 unspecified atom stereocenters. The quantitative estimate of drug-likeness (QED) is 0.469. The first-order chi connectivity index (χ1) is 12.9. The molecule has 2 aromatic rings. The molecule has 0 saturated heterocycles. The molecule has 1 aromatic heterocycles. The summed E-state index contributed by atoms with van der Waals surface area (Å²) in [6.45, 7) is -4.08. The lowest BCUT2D eigenvalue weighted by Crippen LogP contribution is -2.49. The number of nitro groups is 1. The smallest absolute Gasteiger partial charge is 0.493 e. The van der Waals surface area contributed by atoms with E-state index in [1.54, 1.807) is 0 Å². The summed E-state index contributed by atoms with van der Waals surface area (Å²) >= 11 is 0. The SMILES string of the molecule is COc1cc(C2=C3C=CC=[N+]3[B-](F)(F)n3cccc32)c([N+](=O)[O-])cc1OC. The zero-order valence-electron chi connectivity index (χ0n) is 14.4. The van der Waals surface area contributed by atoms with Gasteiger partial charge in [0, 0.05) is 17.8 Å². The number of rotatable bonds is 4. The molecule has 0 fully saturated rings. The maximum Gasteiger partial charge on any atom is 0.737 e. The van der Waals surface area contributed by atoms with Crippen molar-refractivity contribution >= 4 is 24.4 Å². The third-order valence-corrected chi connectivity index (χ3v) is 4.71. The summed E-state index contributed by atoms with van der Waals surface area (Å²) in [5.74, 6) is 0.453. The van der Waals surface area contributed by atoms with Crippen molar-refractivity contribution in [2.75, 3.05) is 14.2 Å². The largest absolute Gasteiger partial charge is 0.737 e. The molecular formula is C17H14BF2N3O4. The number of benzene rings is 1. The van der Waals surface area contributed by atoms with E-state index in [0.717, 1.165) is 8.96 Å². The predicted octanol–water partition coefficient (Wildman–Crippen LogP) is 3.06. The van der Waals surface area contributed by atoms with Gasteiger partial charge in [-0.15, -0.1) is 0 Å². The van der Waals surface area contributed by atoms with E-state index < -0.39 is 11.9 Å². The minimum Gasteiger partial charge on any atom is -0.493 e. The molecule has 1 aromatic carbocycles. The van der Waals surface area contributed by atoms with E-state index >= 15 is 0 Å². The van der Waals surface area contributed by atoms with Gasteiger partial charge in [-0.1, -0.05) is 0 Å². The Morgan fingerprint density at radius 3 is 2.59 bits per heavy atom. The van der Waals surface area contributed by atoms with E-state index in [2.05, 4.69) is 0 Å². The van der Waals surface area contributed by atoms with Gasteiger partial charge in [0.25, 0.3) is 5.69 Å². The second kappa shape index (κ2) is 5.80. The zero-order chi connectivity index (χ0) is 19.3. The highest BCUT2D eigenvalue weighted by molar-refractivity contribution is 6.57. The number of nitrogens with zero attached hydrogens (tertiary/aromatic N) is 3. The second-order valence-electron chi connectivity index (χ2n) is 6.05. The topological polar surface area (TPSA) is 69.5 Å². The number of halogens is 2. The van der Waals surface area contributed by atoms with Crippen molar-refractivity contribution in [1.82, 2.24) is 4.48 Å². The number of hydrogen-bond acceptors (Lipinski definition) is 4. The molecule has 0 N–H and O–H groups in total. The zero-order valence-corrected chi connectivity index (χ0v) is 14.4. The Balaban J connectivity index is 2.08. The van der Waals surface area contributed by atoms with Crippen LogP contribution in [0.2, 0.25) is 0 Å². The summed E-state index contributed by atoms with van der Waals surface area (Å²) in [7, 11) is 2.77. The number of methoxy groups -OCH3 is 2. The number of aromatic nitrogens is 1. The van der Waals surface area contributed by atoms with Crippen LogP contribution < -0.4 is 9.47 Å². The fourth-order valence-corrected chi connectivity index (χ4v) is 3.51. The highest BCUT2D eigenvalue weighted by Gasteiger charge is 2.52. The van der Waals surface area contributed by atoms with Gasteiger partial charge in [0.2, 0.25) is 0 Å².